The fourth-order valence-electron chi connectivity index (χ4n) is 8.26. The summed E-state index contributed by atoms with van der Waals surface area (Å²) in [6.07, 6.45) is -1.91. The Morgan fingerprint density at radius 1 is 0.939 bits per heavy atom. The largest absolute Gasteiger partial charge is 0.632 e. The van der Waals surface area contributed by atoms with E-state index in [0.29, 0.717) is 38.3 Å². The molecule has 4 rings (SSSR count). The Morgan fingerprint density at radius 3 is 2.24 bits per heavy atom. The SMILES string of the molecule is CC(C)C[C@@H]1NC(O)CNC(O)CNCC[N@+]2(C(=O)NC(C)(C)C)C(C[N+]3([O-])C(CNC1O)C(O)C[C@@H]3Cc1ccccc1)[C@@H]2CC(C)C. The van der Waals surface area contributed by atoms with Crippen molar-refractivity contribution in [3.8, 4) is 0 Å². The normalized spacial score (nSPS) is 38.4. The smallest absolute Gasteiger partial charge is 0.418 e. The highest BCUT2D eigenvalue weighted by molar-refractivity contribution is 5.70. The number of hydrogen-bond acceptors (Lipinski definition) is 10. The van der Waals surface area contributed by atoms with E-state index >= 15 is 5.21 Å². The summed E-state index contributed by atoms with van der Waals surface area (Å²) in [5.41, 5.74) is 0.542. The summed E-state index contributed by atoms with van der Waals surface area (Å²) in [6.45, 7) is 15.5. The van der Waals surface area contributed by atoms with Gasteiger partial charge in [0.25, 0.3) is 0 Å². The Bertz CT molecular complexity index is 1190. The Labute approximate surface area is 293 Å². The number of β-amino-alcohol motifs (C(OH)–C–C–N with tert-alkyl or cyclic N) is 2. The molecule has 0 bridgehead atoms. The van der Waals surface area contributed by atoms with Gasteiger partial charge in [-0.05, 0) is 44.6 Å². The molecule has 3 aliphatic heterocycles. The first-order valence-corrected chi connectivity index (χ1v) is 18.4. The van der Waals surface area contributed by atoms with Gasteiger partial charge in [0.2, 0.25) is 6.04 Å². The molecule has 13 heteroatoms. The van der Waals surface area contributed by atoms with Gasteiger partial charge in [-0.1, -0.05) is 58.0 Å². The highest BCUT2D eigenvalue weighted by atomic mass is 16.6. The van der Waals surface area contributed by atoms with Gasteiger partial charge in [0.15, 0.2) is 6.04 Å². The quantitative estimate of drug-likeness (QED) is 0.118. The molecule has 0 aromatic heterocycles. The average Bonchev–Trinajstić information content (AvgIpc) is 3.51. The molecule has 3 saturated heterocycles. The van der Waals surface area contributed by atoms with E-state index in [0.717, 1.165) is 12.0 Å². The molecule has 13 nitrogen and oxygen atoms in total. The van der Waals surface area contributed by atoms with Gasteiger partial charge < -0.3 is 40.9 Å². The molecule has 0 saturated carbocycles. The second-order valence-corrected chi connectivity index (χ2v) is 16.7. The number of aliphatic hydroxyl groups excluding tert-OH is 4. The molecule has 0 aliphatic carbocycles. The zero-order chi connectivity index (χ0) is 36.1. The summed E-state index contributed by atoms with van der Waals surface area (Å²) >= 11 is 0. The number of fused-ring (bicyclic) bond motifs is 2. The van der Waals surface area contributed by atoms with Crippen LogP contribution >= 0.6 is 0 Å². The fraction of sp³-hybridized carbons (Fsp3) is 0.806. The minimum absolute atomic E-state index is 0.0414. The van der Waals surface area contributed by atoms with E-state index in [9.17, 15) is 25.2 Å². The van der Waals surface area contributed by atoms with Crippen LogP contribution in [0.15, 0.2) is 30.3 Å². The van der Waals surface area contributed by atoms with Gasteiger partial charge in [-0.15, -0.1) is 0 Å². The van der Waals surface area contributed by atoms with Crippen molar-refractivity contribution in [2.45, 2.75) is 135 Å². The highest BCUT2D eigenvalue weighted by Crippen LogP contribution is 2.48. The number of quaternary nitrogens is 2. The standard InChI is InChI=1S/C36H65N7O6/c1-23(2)15-27-34(47)39-19-29-31(44)18-26(17-25-11-9-8-10-12-25)43(29,49)22-30-28(16-24(3)4)42(30,35(48)41-36(5,6)7)14-13-37-20-32(45)38-21-33(46)40-27/h8-12,23-24,26-34,37-40,44-47H,13-22H2,1-7H3/p+1/t26-,27-,28-,29?,30?,31?,32?,33?,34?,42+,43?/m0/s1. The number of benzene rings is 1. The van der Waals surface area contributed by atoms with Crippen LogP contribution < -0.4 is 26.6 Å². The Morgan fingerprint density at radius 2 is 1.61 bits per heavy atom. The predicted octanol–water partition coefficient (Wildman–Crippen LogP) is 0.909. The minimum Gasteiger partial charge on any atom is -0.632 e. The van der Waals surface area contributed by atoms with Gasteiger partial charge in [0, 0.05) is 50.5 Å². The van der Waals surface area contributed by atoms with Crippen molar-refractivity contribution in [1.82, 2.24) is 26.6 Å². The summed E-state index contributed by atoms with van der Waals surface area (Å²) in [5, 5.41) is 75.7. The third-order valence-electron chi connectivity index (χ3n) is 10.6. The molecule has 9 N–H and O–H groups in total. The third kappa shape index (κ3) is 10.2. The number of rotatable bonds is 6. The first-order valence-electron chi connectivity index (χ1n) is 18.4. The average molecular weight is 693 g/mol. The lowest BCUT2D eigenvalue weighted by atomic mass is 10.0. The van der Waals surface area contributed by atoms with Crippen LogP contribution in [0.2, 0.25) is 0 Å². The van der Waals surface area contributed by atoms with Crippen LogP contribution in [-0.2, 0) is 6.42 Å². The van der Waals surface area contributed by atoms with Crippen molar-refractivity contribution in [2.24, 2.45) is 11.8 Å². The van der Waals surface area contributed by atoms with E-state index in [1.807, 2.05) is 65.0 Å². The number of amides is 2. The first-order chi connectivity index (χ1) is 23.0. The monoisotopic (exact) mass is 693 g/mol. The van der Waals surface area contributed by atoms with Gasteiger partial charge in [-0.2, -0.15) is 0 Å². The van der Waals surface area contributed by atoms with Gasteiger partial charge in [0.1, 0.15) is 43.9 Å². The maximum Gasteiger partial charge on any atom is 0.418 e. The molecule has 49 heavy (non-hydrogen) atoms. The molecule has 3 heterocycles. The van der Waals surface area contributed by atoms with E-state index in [1.54, 1.807) is 0 Å². The molecule has 1 aromatic rings. The molecule has 0 radical (unpaired) electrons. The fourth-order valence-corrected chi connectivity index (χ4v) is 8.26. The van der Waals surface area contributed by atoms with Crippen LogP contribution in [0.25, 0.3) is 0 Å². The molecule has 7 unspecified atom stereocenters. The molecule has 0 spiro atoms. The van der Waals surface area contributed by atoms with E-state index in [2.05, 4.69) is 40.4 Å². The number of hydroxylamine groups is 3. The molecule has 3 aliphatic rings. The van der Waals surface area contributed by atoms with E-state index in [1.165, 1.54) is 0 Å². The number of aliphatic hydroxyl groups is 4. The van der Waals surface area contributed by atoms with Crippen molar-refractivity contribution in [3.63, 3.8) is 0 Å². The molecule has 1 aromatic carbocycles. The topological polar surface area (TPSA) is 181 Å². The van der Waals surface area contributed by atoms with Crippen LogP contribution in [0.3, 0.4) is 0 Å². The second kappa shape index (κ2) is 16.7. The van der Waals surface area contributed by atoms with E-state index < -0.39 is 53.1 Å². The Hall–Kier alpha value is -1.75. The van der Waals surface area contributed by atoms with Crippen molar-refractivity contribution < 1.29 is 34.4 Å². The molecule has 280 valence electrons. The van der Waals surface area contributed by atoms with Crippen LogP contribution in [-0.4, -0.2) is 135 Å². The van der Waals surface area contributed by atoms with Gasteiger partial charge in [-0.25, -0.2) is 9.28 Å². The molecule has 2 amide bonds. The summed E-state index contributed by atoms with van der Waals surface area (Å²) < 4.78 is -0.553. The van der Waals surface area contributed by atoms with Crippen LogP contribution in [0.5, 0.6) is 0 Å². The maximum absolute atomic E-state index is 15.6. The van der Waals surface area contributed by atoms with Crippen molar-refractivity contribution in [3.05, 3.63) is 41.1 Å². The lowest BCUT2D eigenvalue weighted by Gasteiger charge is -2.49. The van der Waals surface area contributed by atoms with Gasteiger partial charge in [-0.3, -0.25) is 16.0 Å². The lowest BCUT2D eigenvalue weighted by molar-refractivity contribution is -0.926. The van der Waals surface area contributed by atoms with E-state index in [4.69, 9.17) is 0 Å². The second-order valence-electron chi connectivity index (χ2n) is 16.7. The summed E-state index contributed by atoms with van der Waals surface area (Å²) in [6, 6.07) is 7.65. The highest BCUT2D eigenvalue weighted by Gasteiger charge is 2.73. The van der Waals surface area contributed by atoms with Crippen LogP contribution in [0.4, 0.5) is 4.79 Å². The molecular weight excluding hydrogens is 626 g/mol. The van der Waals surface area contributed by atoms with Gasteiger partial charge >= 0.3 is 6.03 Å². The Kier molecular flexibility index (Phi) is 13.7. The zero-order valence-corrected chi connectivity index (χ0v) is 30.8. The van der Waals surface area contributed by atoms with Gasteiger partial charge in [0.05, 0.1) is 12.6 Å². The predicted molar refractivity (Wildman–Crippen MR) is 191 cm³/mol. The summed E-state index contributed by atoms with van der Waals surface area (Å²) in [4.78, 5) is 14.3. The third-order valence-corrected chi connectivity index (χ3v) is 10.6. The number of nitrogens with zero attached hydrogens (tertiary/aromatic N) is 2. The lowest BCUT2D eigenvalue weighted by Crippen LogP contribution is -2.63. The van der Waals surface area contributed by atoms with Crippen molar-refractivity contribution >= 4 is 6.03 Å². The molecular formula is C36H66N7O6+. The number of urea groups is 1. The van der Waals surface area contributed by atoms with Crippen molar-refractivity contribution in [2.75, 3.05) is 39.3 Å². The number of carbonyl (C=O) groups is 1. The zero-order valence-electron chi connectivity index (χ0n) is 30.8. The van der Waals surface area contributed by atoms with E-state index in [-0.39, 0.29) is 54.7 Å². The summed E-state index contributed by atoms with van der Waals surface area (Å²) in [5.74, 6) is 0.491. The number of hydrogen-bond donors (Lipinski definition) is 9. The first kappa shape index (κ1) is 40.0. The summed E-state index contributed by atoms with van der Waals surface area (Å²) in [7, 11) is 0. The molecule has 11 atom stereocenters. The number of nitrogens with one attached hydrogen (secondary N) is 5. The molecule has 3 fully saturated rings. The Balaban J connectivity index is 1.74. The number of carbonyl (C=O) groups excluding carboxylic acids is 1. The van der Waals surface area contributed by atoms with Crippen LogP contribution in [0, 0.1) is 17.0 Å². The maximum atomic E-state index is 15.6. The van der Waals surface area contributed by atoms with Crippen molar-refractivity contribution in [1.29, 1.82) is 0 Å². The minimum atomic E-state index is -1.11. The van der Waals surface area contributed by atoms with Crippen LogP contribution in [0.1, 0.15) is 73.3 Å².